The third kappa shape index (κ3) is 7.63. The van der Waals surface area contributed by atoms with Crippen LogP contribution in [0.4, 0.5) is 0 Å². The summed E-state index contributed by atoms with van der Waals surface area (Å²) < 4.78 is 6.24. The summed E-state index contributed by atoms with van der Waals surface area (Å²) in [4.78, 5) is 32.5. The highest BCUT2D eigenvalue weighted by Gasteiger charge is 2.25. The first-order valence-electron chi connectivity index (χ1n) is 15.3. The fraction of sp³-hybridized carbons (Fsp3) is 0.417. The minimum atomic E-state index is -1.06. The molecule has 1 atom stereocenters. The molecule has 2 aromatic heterocycles. The number of nitrogens with one attached hydrogen (secondary N) is 1. The maximum Gasteiger partial charge on any atom is 0.326 e. The highest BCUT2D eigenvalue weighted by molar-refractivity contribution is 7.12. The molecular weight excluding hydrogens is 556 g/mol. The number of rotatable bonds is 10. The van der Waals surface area contributed by atoms with Gasteiger partial charge in [-0.2, -0.15) is 0 Å². The second-order valence-electron chi connectivity index (χ2n) is 13.1. The maximum atomic E-state index is 13.4. The number of thiophene rings is 1. The lowest BCUT2D eigenvalue weighted by atomic mass is 9.87. The molecule has 0 bridgehead atoms. The first-order chi connectivity index (χ1) is 20.5. The zero-order valence-corrected chi connectivity index (χ0v) is 26.6. The molecule has 1 fully saturated rings. The van der Waals surface area contributed by atoms with Gasteiger partial charge in [-0.3, -0.25) is 4.79 Å². The van der Waals surface area contributed by atoms with E-state index in [-0.39, 0.29) is 17.5 Å². The van der Waals surface area contributed by atoms with Gasteiger partial charge in [0.05, 0.1) is 0 Å². The molecule has 1 saturated carbocycles. The Bertz CT molecular complexity index is 1590. The minimum absolute atomic E-state index is 0.0675. The van der Waals surface area contributed by atoms with Crippen molar-refractivity contribution < 1.29 is 19.4 Å². The smallest absolute Gasteiger partial charge is 0.326 e. The summed E-state index contributed by atoms with van der Waals surface area (Å²) in [5.41, 5.74) is 2.41. The number of aliphatic carboxylic acids is 1. The zero-order chi connectivity index (χ0) is 30.7. The number of hydrogen-bond donors (Lipinski definition) is 2. The molecule has 226 valence electrons. The fourth-order valence-corrected chi connectivity index (χ4v) is 6.79. The van der Waals surface area contributed by atoms with Gasteiger partial charge in [0.1, 0.15) is 23.2 Å². The summed E-state index contributed by atoms with van der Waals surface area (Å²) in [6.07, 6.45) is 5.73. The van der Waals surface area contributed by atoms with Crippen LogP contribution in [-0.2, 0) is 23.1 Å². The molecule has 4 aromatic rings. The van der Waals surface area contributed by atoms with Gasteiger partial charge in [0.25, 0.3) is 5.91 Å². The van der Waals surface area contributed by atoms with Gasteiger partial charge in [0.15, 0.2) is 0 Å². The number of pyridine rings is 1. The lowest BCUT2D eigenvalue weighted by molar-refractivity contribution is -0.139. The molecule has 0 aliphatic heterocycles. The van der Waals surface area contributed by atoms with Gasteiger partial charge >= 0.3 is 5.97 Å². The molecule has 1 aliphatic carbocycles. The van der Waals surface area contributed by atoms with E-state index < -0.39 is 17.9 Å². The SMILES string of the molecule is CC(C)c1ccc(CC(NC(=O)c2cc3ccc(Oc4ccc(C(C)(C)C)cc4)cc3c(CC3CCCC3)n2)C(=O)O)s1. The third-order valence-corrected chi connectivity index (χ3v) is 9.70. The highest BCUT2D eigenvalue weighted by Crippen LogP contribution is 2.33. The second kappa shape index (κ2) is 12.9. The Morgan fingerprint density at radius 3 is 2.33 bits per heavy atom. The molecule has 1 aliphatic rings. The molecule has 1 amide bonds. The van der Waals surface area contributed by atoms with E-state index in [1.807, 2.05) is 42.5 Å². The van der Waals surface area contributed by atoms with Crippen LogP contribution < -0.4 is 10.1 Å². The Labute approximate surface area is 258 Å². The van der Waals surface area contributed by atoms with Crippen molar-refractivity contribution in [1.82, 2.24) is 10.3 Å². The number of benzene rings is 2. The summed E-state index contributed by atoms with van der Waals surface area (Å²) in [5, 5.41) is 14.5. The molecule has 2 heterocycles. The number of nitrogens with zero attached hydrogens (tertiary/aromatic N) is 1. The van der Waals surface area contributed by atoms with Crippen LogP contribution in [0.2, 0.25) is 0 Å². The molecule has 1 unspecified atom stereocenters. The highest BCUT2D eigenvalue weighted by atomic mass is 32.1. The van der Waals surface area contributed by atoms with E-state index in [9.17, 15) is 14.7 Å². The van der Waals surface area contributed by atoms with E-state index >= 15 is 0 Å². The van der Waals surface area contributed by atoms with Crippen LogP contribution in [0.15, 0.2) is 60.7 Å². The molecule has 7 heteroatoms. The maximum absolute atomic E-state index is 13.4. The van der Waals surface area contributed by atoms with Gasteiger partial charge in [0, 0.05) is 27.3 Å². The van der Waals surface area contributed by atoms with Crippen molar-refractivity contribution in [2.75, 3.05) is 0 Å². The first-order valence-corrected chi connectivity index (χ1v) is 16.1. The molecule has 2 N–H and O–H groups in total. The third-order valence-electron chi connectivity index (χ3n) is 8.29. The molecule has 2 aromatic carbocycles. The van der Waals surface area contributed by atoms with E-state index in [1.54, 1.807) is 17.4 Å². The average molecular weight is 599 g/mol. The molecule has 43 heavy (non-hydrogen) atoms. The quantitative estimate of drug-likeness (QED) is 0.191. The molecular formula is C36H42N2O4S. The molecule has 5 rings (SSSR count). The number of carbonyl (C=O) groups excluding carboxylic acids is 1. The van der Waals surface area contributed by atoms with Gasteiger partial charge in [-0.05, 0) is 77.1 Å². The van der Waals surface area contributed by atoms with Gasteiger partial charge in [-0.1, -0.05) is 78.5 Å². The standard InChI is InChI=1S/C36H42N2O4S/c1-22(2)33-17-16-28(43-33)21-32(35(40)41)38-34(39)31-19-24-10-13-27(42-26-14-11-25(12-15-26)36(3,4)5)20-29(24)30(37-31)18-23-8-6-7-9-23/h10-17,19-20,22-23,32H,6-9,18,21H2,1-5H3,(H,38,39)(H,40,41). The number of hydrogen-bond acceptors (Lipinski definition) is 5. The fourth-order valence-electron chi connectivity index (χ4n) is 5.73. The molecule has 0 spiro atoms. The van der Waals surface area contributed by atoms with Crippen molar-refractivity contribution >= 4 is 34.0 Å². The Kier molecular flexibility index (Phi) is 9.21. The normalized spacial score (nSPS) is 14.7. The van der Waals surface area contributed by atoms with Crippen LogP contribution in [0.1, 0.15) is 97.7 Å². The van der Waals surface area contributed by atoms with Crippen LogP contribution in [0.5, 0.6) is 11.5 Å². The summed E-state index contributed by atoms with van der Waals surface area (Å²) in [6, 6.07) is 18.8. The van der Waals surface area contributed by atoms with Crippen LogP contribution in [0, 0.1) is 5.92 Å². The Balaban J connectivity index is 1.41. The molecule has 6 nitrogen and oxygen atoms in total. The van der Waals surface area contributed by atoms with Crippen LogP contribution in [0.25, 0.3) is 10.8 Å². The Morgan fingerprint density at radius 1 is 1.00 bits per heavy atom. The van der Waals surface area contributed by atoms with E-state index in [1.165, 1.54) is 23.3 Å². The average Bonchev–Trinajstić information content (AvgIpc) is 3.65. The number of amides is 1. The topological polar surface area (TPSA) is 88.5 Å². The number of fused-ring (bicyclic) bond motifs is 1. The number of aromatic nitrogens is 1. The van der Waals surface area contributed by atoms with Crippen LogP contribution in [0.3, 0.4) is 0 Å². The van der Waals surface area contributed by atoms with Crippen molar-refractivity contribution in [3.05, 3.63) is 87.4 Å². The van der Waals surface area contributed by atoms with Crippen molar-refractivity contribution in [2.45, 2.75) is 90.5 Å². The van der Waals surface area contributed by atoms with Crippen molar-refractivity contribution in [2.24, 2.45) is 5.92 Å². The zero-order valence-electron chi connectivity index (χ0n) is 25.8. The molecule has 0 radical (unpaired) electrons. The summed E-state index contributed by atoms with van der Waals surface area (Å²) in [7, 11) is 0. The summed E-state index contributed by atoms with van der Waals surface area (Å²) >= 11 is 1.59. The van der Waals surface area contributed by atoms with Crippen LogP contribution in [-0.4, -0.2) is 28.0 Å². The lowest BCUT2D eigenvalue weighted by Crippen LogP contribution is -2.42. The number of carbonyl (C=O) groups is 2. The van der Waals surface area contributed by atoms with E-state index in [4.69, 9.17) is 9.72 Å². The van der Waals surface area contributed by atoms with Crippen molar-refractivity contribution in [3.8, 4) is 11.5 Å². The largest absolute Gasteiger partial charge is 0.480 e. The van der Waals surface area contributed by atoms with Gasteiger partial charge in [0.2, 0.25) is 0 Å². The second-order valence-corrected chi connectivity index (χ2v) is 14.3. The van der Waals surface area contributed by atoms with Gasteiger partial charge < -0.3 is 15.2 Å². The monoisotopic (exact) mass is 598 g/mol. The Morgan fingerprint density at radius 2 is 1.70 bits per heavy atom. The summed E-state index contributed by atoms with van der Waals surface area (Å²) in [5.74, 6) is 0.838. The van der Waals surface area contributed by atoms with E-state index in [2.05, 4.69) is 52.1 Å². The van der Waals surface area contributed by atoms with Crippen molar-refractivity contribution in [1.29, 1.82) is 0 Å². The van der Waals surface area contributed by atoms with E-state index in [0.29, 0.717) is 17.6 Å². The van der Waals surface area contributed by atoms with Gasteiger partial charge in [-0.25, -0.2) is 9.78 Å². The minimum Gasteiger partial charge on any atom is -0.480 e. The lowest BCUT2D eigenvalue weighted by Gasteiger charge is -2.19. The van der Waals surface area contributed by atoms with Gasteiger partial charge in [-0.15, -0.1) is 11.3 Å². The number of carboxylic acids is 1. The van der Waals surface area contributed by atoms with Crippen molar-refractivity contribution in [3.63, 3.8) is 0 Å². The number of carboxylic acid groups (broad SMARTS) is 1. The molecule has 0 saturated heterocycles. The summed E-state index contributed by atoms with van der Waals surface area (Å²) in [6.45, 7) is 10.8. The van der Waals surface area contributed by atoms with E-state index in [0.717, 1.165) is 46.4 Å². The predicted molar refractivity (Wildman–Crippen MR) is 174 cm³/mol. The predicted octanol–water partition coefficient (Wildman–Crippen LogP) is 8.67. The Hall–Kier alpha value is -3.71. The number of ether oxygens (including phenoxy) is 1. The van der Waals surface area contributed by atoms with Crippen LogP contribution >= 0.6 is 11.3 Å². The first kappa shape index (κ1) is 30.7.